The Morgan fingerprint density at radius 2 is 2.17 bits per heavy atom. The first-order valence-electron chi connectivity index (χ1n) is 3.63. The lowest BCUT2D eigenvalue weighted by molar-refractivity contribution is 1.61. The van der Waals surface area contributed by atoms with Gasteiger partial charge in [-0.3, -0.25) is 0 Å². The molecule has 0 saturated heterocycles. The largest absolute Gasteiger partial charge is 0.398 e. The first kappa shape index (κ1) is 8.08. The molecule has 12 heavy (non-hydrogen) atoms. The molecule has 0 fully saturated rings. The summed E-state index contributed by atoms with van der Waals surface area (Å²) in [6.07, 6.45) is 0. The van der Waals surface area contributed by atoms with E-state index in [0.717, 1.165) is 5.69 Å². The van der Waals surface area contributed by atoms with Crippen molar-refractivity contribution < 1.29 is 0 Å². The van der Waals surface area contributed by atoms with Gasteiger partial charge in [0.2, 0.25) is 0 Å². The van der Waals surface area contributed by atoms with Gasteiger partial charge in [0, 0.05) is 20.4 Å². The minimum atomic E-state index is 0.867. The van der Waals surface area contributed by atoms with Crippen LogP contribution in [0.15, 0.2) is 22.7 Å². The molecule has 0 atom stereocenters. The second-order valence-corrected chi connectivity index (χ2v) is 4.71. The van der Waals surface area contributed by atoms with E-state index in [0.29, 0.717) is 0 Å². The van der Waals surface area contributed by atoms with Crippen molar-refractivity contribution in [2.45, 2.75) is 6.92 Å². The number of rotatable bonds is 0. The molecule has 0 saturated carbocycles. The van der Waals surface area contributed by atoms with Gasteiger partial charge in [-0.05, 0) is 28.9 Å². The topological polar surface area (TPSA) is 26.0 Å². The van der Waals surface area contributed by atoms with Crippen molar-refractivity contribution in [3.63, 3.8) is 0 Å². The molecule has 0 aliphatic carbocycles. The van der Waals surface area contributed by atoms with Gasteiger partial charge in [-0.15, -0.1) is 11.3 Å². The molecule has 0 radical (unpaired) electrons. The van der Waals surface area contributed by atoms with Crippen LogP contribution in [0.1, 0.15) is 4.88 Å². The summed E-state index contributed by atoms with van der Waals surface area (Å²) >= 11 is 5.27. The van der Waals surface area contributed by atoms with E-state index in [1.54, 1.807) is 11.3 Å². The molecule has 2 rings (SSSR count). The molecule has 0 amide bonds. The number of thiophene rings is 1. The first-order chi connectivity index (χ1) is 5.70. The molecule has 2 aromatic rings. The molecule has 1 nitrogen and oxygen atoms in total. The van der Waals surface area contributed by atoms with Gasteiger partial charge in [-0.1, -0.05) is 12.1 Å². The number of nitrogen functional groups attached to an aromatic ring is 1. The van der Waals surface area contributed by atoms with Crippen molar-refractivity contribution >= 4 is 43.0 Å². The van der Waals surface area contributed by atoms with Crippen LogP contribution in [0.3, 0.4) is 0 Å². The molecule has 0 aliphatic heterocycles. The van der Waals surface area contributed by atoms with Crippen LogP contribution in [0, 0.1) is 6.92 Å². The van der Waals surface area contributed by atoms with E-state index >= 15 is 0 Å². The van der Waals surface area contributed by atoms with Crippen LogP contribution in [0.5, 0.6) is 0 Å². The van der Waals surface area contributed by atoms with Crippen molar-refractivity contribution in [1.82, 2.24) is 0 Å². The maximum Gasteiger partial charge on any atom is 0.0586 e. The molecule has 0 unspecified atom stereocenters. The molecule has 0 spiro atoms. The van der Waals surface area contributed by atoms with Crippen LogP contribution in [0.25, 0.3) is 10.1 Å². The quantitative estimate of drug-likeness (QED) is 0.702. The normalized spacial score (nSPS) is 10.8. The van der Waals surface area contributed by atoms with Crippen molar-refractivity contribution in [2.75, 3.05) is 5.73 Å². The van der Waals surface area contributed by atoms with Crippen LogP contribution < -0.4 is 5.73 Å². The highest BCUT2D eigenvalue weighted by molar-refractivity contribution is 9.10. The molecule has 3 heteroatoms. The average molecular weight is 242 g/mol. The third-order valence-electron chi connectivity index (χ3n) is 1.85. The van der Waals surface area contributed by atoms with Gasteiger partial charge < -0.3 is 5.73 Å². The van der Waals surface area contributed by atoms with Crippen molar-refractivity contribution in [3.05, 3.63) is 27.5 Å². The van der Waals surface area contributed by atoms with Crippen LogP contribution in [-0.2, 0) is 0 Å². The van der Waals surface area contributed by atoms with E-state index < -0.39 is 0 Å². The summed E-state index contributed by atoms with van der Waals surface area (Å²) in [6.45, 7) is 2.09. The third-order valence-corrected chi connectivity index (χ3v) is 4.30. The van der Waals surface area contributed by atoms with Crippen LogP contribution in [0.2, 0.25) is 0 Å². The Labute approximate surface area is 83.3 Å². The van der Waals surface area contributed by atoms with E-state index in [-0.39, 0.29) is 0 Å². The van der Waals surface area contributed by atoms with Crippen LogP contribution in [-0.4, -0.2) is 0 Å². The SMILES string of the molecule is Cc1sc2c(N)cccc2c1Br. The van der Waals surface area contributed by atoms with Crippen molar-refractivity contribution in [3.8, 4) is 0 Å². The summed E-state index contributed by atoms with van der Waals surface area (Å²) in [4.78, 5) is 1.28. The number of halogens is 1. The number of hydrogen-bond donors (Lipinski definition) is 1. The highest BCUT2D eigenvalue weighted by atomic mass is 79.9. The maximum absolute atomic E-state index is 5.83. The Balaban J connectivity index is 2.95. The van der Waals surface area contributed by atoms with E-state index in [9.17, 15) is 0 Å². The standard InChI is InChI=1S/C9H8BrNS/c1-5-8(10)6-3-2-4-7(11)9(6)12-5/h2-4H,11H2,1H3. The molecule has 1 aromatic heterocycles. The van der Waals surface area contributed by atoms with Gasteiger partial charge >= 0.3 is 0 Å². The van der Waals surface area contributed by atoms with Gasteiger partial charge in [-0.2, -0.15) is 0 Å². The van der Waals surface area contributed by atoms with E-state index in [1.165, 1.54) is 19.4 Å². The predicted molar refractivity (Wildman–Crippen MR) is 58.7 cm³/mol. The van der Waals surface area contributed by atoms with E-state index in [2.05, 4.69) is 28.9 Å². The van der Waals surface area contributed by atoms with Gasteiger partial charge in [0.25, 0.3) is 0 Å². The smallest absolute Gasteiger partial charge is 0.0586 e. The maximum atomic E-state index is 5.83. The molecule has 1 aromatic carbocycles. The summed E-state index contributed by atoms with van der Waals surface area (Å²) in [5.74, 6) is 0. The number of benzene rings is 1. The molecule has 1 heterocycles. The zero-order valence-corrected chi connectivity index (χ0v) is 9.00. The Morgan fingerprint density at radius 1 is 1.42 bits per heavy atom. The Hall–Kier alpha value is -0.540. The van der Waals surface area contributed by atoms with Crippen LogP contribution in [0.4, 0.5) is 5.69 Å². The van der Waals surface area contributed by atoms with Crippen LogP contribution >= 0.6 is 27.3 Å². The molecule has 62 valence electrons. The van der Waals surface area contributed by atoms with Gasteiger partial charge in [0.15, 0.2) is 0 Å². The zero-order valence-electron chi connectivity index (χ0n) is 6.60. The van der Waals surface area contributed by atoms with Gasteiger partial charge in [0.1, 0.15) is 0 Å². The average Bonchev–Trinajstić information content (AvgIpc) is 2.32. The van der Waals surface area contributed by atoms with Gasteiger partial charge in [0.05, 0.1) is 4.70 Å². The molecular weight excluding hydrogens is 234 g/mol. The Bertz CT molecular complexity index is 433. The van der Waals surface area contributed by atoms with Crippen molar-refractivity contribution in [2.24, 2.45) is 0 Å². The lowest BCUT2D eigenvalue weighted by atomic mass is 10.2. The van der Waals surface area contributed by atoms with E-state index in [1.807, 2.05) is 12.1 Å². The summed E-state index contributed by atoms with van der Waals surface area (Å²) in [7, 11) is 0. The third kappa shape index (κ3) is 1.04. The summed E-state index contributed by atoms with van der Waals surface area (Å²) < 4.78 is 2.36. The monoisotopic (exact) mass is 241 g/mol. The fourth-order valence-corrected chi connectivity index (χ4v) is 2.91. The lowest BCUT2D eigenvalue weighted by Crippen LogP contribution is -1.81. The Morgan fingerprint density at radius 3 is 2.83 bits per heavy atom. The second-order valence-electron chi connectivity index (χ2n) is 2.70. The molecule has 0 aliphatic rings. The summed E-state index contributed by atoms with van der Waals surface area (Å²) in [5.41, 5.74) is 6.69. The summed E-state index contributed by atoms with van der Waals surface area (Å²) in [6, 6.07) is 6.00. The molecular formula is C9H8BrNS. The highest BCUT2D eigenvalue weighted by Gasteiger charge is 2.07. The fourth-order valence-electron chi connectivity index (χ4n) is 1.23. The number of nitrogens with two attached hydrogens (primary N) is 1. The minimum absolute atomic E-state index is 0.867. The lowest BCUT2D eigenvalue weighted by Gasteiger charge is -1.93. The Kier molecular flexibility index (Phi) is 1.85. The second kappa shape index (κ2) is 2.75. The van der Waals surface area contributed by atoms with Gasteiger partial charge in [-0.25, -0.2) is 0 Å². The number of hydrogen-bond acceptors (Lipinski definition) is 2. The van der Waals surface area contributed by atoms with E-state index in [4.69, 9.17) is 5.73 Å². The fraction of sp³-hybridized carbons (Fsp3) is 0.111. The highest BCUT2D eigenvalue weighted by Crippen LogP contribution is 2.37. The minimum Gasteiger partial charge on any atom is -0.398 e. The molecule has 0 bridgehead atoms. The first-order valence-corrected chi connectivity index (χ1v) is 5.24. The zero-order chi connectivity index (χ0) is 8.72. The number of anilines is 1. The van der Waals surface area contributed by atoms with Crippen molar-refractivity contribution in [1.29, 1.82) is 0 Å². The number of aryl methyl sites for hydroxylation is 1. The summed E-state index contributed by atoms with van der Waals surface area (Å²) in [5, 5.41) is 1.22. The number of fused-ring (bicyclic) bond motifs is 1. The molecule has 2 N–H and O–H groups in total. The predicted octanol–water partition coefficient (Wildman–Crippen LogP) is 3.55.